The zero-order valence-corrected chi connectivity index (χ0v) is 8.90. The molecule has 2 N–H and O–H groups in total. The Morgan fingerprint density at radius 1 is 1.29 bits per heavy atom. The van der Waals surface area contributed by atoms with Crippen LogP contribution in [0.4, 0.5) is 5.69 Å². The number of benzene rings is 1. The molecular weight excluding hydrogens is 172 g/mol. The van der Waals surface area contributed by atoms with Crippen molar-refractivity contribution in [2.75, 3.05) is 18.8 Å². The van der Waals surface area contributed by atoms with Crippen molar-refractivity contribution < 1.29 is 0 Å². The average molecular weight is 190 g/mol. The predicted octanol–water partition coefficient (Wildman–Crippen LogP) is 2.08. The van der Waals surface area contributed by atoms with E-state index in [1.54, 1.807) is 0 Å². The first kappa shape index (κ1) is 9.53. The molecule has 2 rings (SSSR count). The van der Waals surface area contributed by atoms with Gasteiger partial charge in [0.05, 0.1) is 0 Å². The van der Waals surface area contributed by atoms with E-state index in [1.165, 1.54) is 5.56 Å². The summed E-state index contributed by atoms with van der Waals surface area (Å²) in [5.41, 5.74) is 8.20. The minimum atomic E-state index is 0.651. The lowest BCUT2D eigenvalue weighted by molar-refractivity contribution is 0.110. The van der Waals surface area contributed by atoms with Crippen molar-refractivity contribution in [1.29, 1.82) is 0 Å². The standard InChI is InChI=1S/C12H18N2/c1-9(2)14-7-10(8-14)11-5-3-4-6-12(11)13/h3-6,9-10H,7-8,13H2,1-2H3. The maximum Gasteiger partial charge on any atom is 0.0350 e. The molecule has 0 bridgehead atoms. The van der Waals surface area contributed by atoms with Crippen LogP contribution in [0, 0.1) is 0 Å². The Morgan fingerprint density at radius 3 is 2.50 bits per heavy atom. The summed E-state index contributed by atoms with van der Waals surface area (Å²) in [4.78, 5) is 2.47. The Morgan fingerprint density at radius 2 is 1.93 bits per heavy atom. The Bertz CT molecular complexity index is 314. The highest BCUT2D eigenvalue weighted by Gasteiger charge is 2.30. The van der Waals surface area contributed by atoms with Crippen molar-refractivity contribution in [3.05, 3.63) is 29.8 Å². The SMILES string of the molecule is CC(C)N1CC(c2ccccc2N)C1. The fraction of sp³-hybridized carbons (Fsp3) is 0.500. The van der Waals surface area contributed by atoms with Crippen molar-refractivity contribution in [2.45, 2.75) is 25.8 Å². The summed E-state index contributed by atoms with van der Waals surface area (Å²) in [6.07, 6.45) is 0. The number of nitrogens with zero attached hydrogens (tertiary/aromatic N) is 1. The lowest BCUT2D eigenvalue weighted by atomic mass is 9.89. The second kappa shape index (κ2) is 3.62. The third-order valence-electron chi connectivity index (χ3n) is 3.08. The van der Waals surface area contributed by atoms with Crippen LogP contribution < -0.4 is 5.73 Å². The lowest BCUT2D eigenvalue weighted by Gasteiger charge is -2.42. The van der Waals surface area contributed by atoms with Gasteiger partial charge in [-0.15, -0.1) is 0 Å². The molecule has 0 unspecified atom stereocenters. The fourth-order valence-corrected chi connectivity index (χ4v) is 2.01. The van der Waals surface area contributed by atoms with Gasteiger partial charge in [0.15, 0.2) is 0 Å². The molecule has 0 spiro atoms. The summed E-state index contributed by atoms with van der Waals surface area (Å²) in [6, 6.07) is 8.88. The largest absolute Gasteiger partial charge is 0.398 e. The van der Waals surface area contributed by atoms with E-state index in [4.69, 9.17) is 5.73 Å². The molecule has 14 heavy (non-hydrogen) atoms. The van der Waals surface area contributed by atoms with Gasteiger partial charge in [-0.1, -0.05) is 18.2 Å². The van der Waals surface area contributed by atoms with Crippen LogP contribution in [0.3, 0.4) is 0 Å². The van der Waals surface area contributed by atoms with Gasteiger partial charge in [0.25, 0.3) is 0 Å². The van der Waals surface area contributed by atoms with Crippen molar-refractivity contribution in [3.8, 4) is 0 Å². The van der Waals surface area contributed by atoms with E-state index >= 15 is 0 Å². The van der Waals surface area contributed by atoms with Crippen molar-refractivity contribution >= 4 is 5.69 Å². The summed E-state index contributed by atoms with van der Waals surface area (Å²) in [7, 11) is 0. The first-order chi connectivity index (χ1) is 6.68. The van der Waals surface area contributed by atoms with Crippen molar-refractivity contribution in [2.24, 2.45) is 0 Å². The molecule has 0 aromatic heterocycles. The Balaban J connectivity index is 2.03. The van der Waals surface area contributed by atoms with Gasteiger partial charge in [-0.05, 0) is 25.5 Å². The number of nitrogens with two attached hydrogens (primary N) is 1. The molecule has 1 fully saturated rings. The number of anilines is 1. The van der Waals surface area contributed by atoms with Crippen LogP contribution in [0.25, 0.3) is 0 Å². The van der Waals surface area contributed by atoms with E-state index in [1.807, 2.05) is 12.1 Å². The third kappa shape index (κ3) is 1.62. The molecule has 0 saturated carbocycles. The van der Waals surface area contributed by atoms with Crippen molar-refractivity contribution in [1.82, 2.24) is 4.90 Å². The van der Waals surface area contributed by atoms with Crippen LogP contribution in [0.5, 0.6) is 0 Å². The molecule has 1 aromatic carbocycles. The number of para-hydroxylation sites is 1. The first-order valence-electron chi connectivity index (χ1n) is 5.27. The number of likely N-dealkylation sites (tertiary alicyclic amines) is 1. The van der Waals surface area contributed by atoms with E-state index in [2.05, 4.69) is 30.9 Å². The molecule has 1 aromatic rings. The predicted molar refractivity (Wildman–Crippen MR) is 60.3 cm³/mol. The van der Waals surface area contributed by atoms with Crippen LogP contribution in [-0.4, -0.2) is 24.0 Å². The Labute approximate surface area is 85.7 Å². The third-order valence-corrected chi connectivity index (χ3v) is 3.08. The monoisotopic (exact) mass is 190 g/mol. The molecule has 1 saturated heterocycles. The molecule has 2 nitrogen and oxygen atoms in total. The second-order valence-corrected chi connectivity index (χ2v) is 4.37. The minimum absolute atomic E-state index is 0.651. The molecule has 1 heterocycles. The highest BCUT2D eigenvalue weighted by Crippen LogP contribution is 2.31. The normalized spacial score (nSPS) is 18.5. The lowest BCUT2D eigenvalue weighted by Crippen LogP contribution is -2.48. The molecule has 0 radical (unpaired) electrons. The van der Waals surface area contributed by atoms with Crippen LogP contribution in [-0.2, 0) is 0 Å². The van der Waals surface area contributed by atoms with Crippen LogP contribution in [0.15, 0.2) is 24.3 Å². The van der Waals surface area contributed by atoms with E-state index in [-0.39, 0.29) is 0 Å². The molecule has 0 amide bonds. The topological polar surface area (TPSA) is 29.3 Å². The molecule has 0 atom stereocenters. The van der Waals surface area contributed by atoms with Gasteiger partial charge in [0, 0.05) is 30.7 Å². The van der Waals surface area contributed by atoms with Crippen LogP contribution in [0.2, 0.25) is 0 Å². The van der Waals surface area contributed by atoms with Crippen LogP contribution in [0.1, 0.15) is 25.3 Å². The maximum absolute atomic E-state index is 5.93. The molecule has 0 aliphatic carbocycles. The molecule has 1 aliphatic rings. The summed E-state index contributed by atoms with van der Waals surface area (Å²) >= 11 is 0. The minimum Gasteiger partial charge on any atom is -0.398 e. The summed E-state index contributed by atoms with van der Waals surface area (Å²) in [5.74, 6) is 0.651. The quantitative estimate of drug-likeness (QED) is 0.723. The Kier molecular flexibility index (Phi) is 2.46. The van der Waals surface area contributed by atoms with Gasteiger partial charge in [-0.25, -0.2) is 0 Å². The fourth-order valence-electron chi connectivity index (χ4n) is 2.01. The van der Waals surface area contributed by atoms with E-state index in [0.29, 0.717) is 12.0 Å². The number of nitrogen functional groups attached to an aromatic ring is 1. The summed E-state index contributed by atoms with van der Waals surface area (Å²) in [6.45, 7) is 6.80. The van der Waals surface area contributed by atoms with Crippen molar-refractivity contribution in [3.63, 3.8) is 0 Å². The molecule has 1 aliphatic heterocycles. The average Bonchev–Trinajstić information content (AvgIpc) is 2.05. The molecule has 76 valence electrons. The van der Waals surface area contributed by atoms with E-state index < -0.39 is 0 Å². The van der Waals surface area contributed by atoms with Gasteiger partial charge in [0.1, 0.15) is 0 Å². The second-order valence-electron chi connectivity index (χ2n) is 4.37. The van der Waals surface area contributed by atoms with E-state index in [9.17, 15) is 0 Å². The number of rotatable bonds is 2. The smallest absolute Gasteiger partial charge is 0.0350 e. The highest BCUT2D eigenvalue weighted by molar-refractivity contribution is 5.49. The highest BCUT2D eigenvalue weighted by atomic mass is 15.2. The number of hydrogen-bond donors (Lipinski definition) is 1. The number of hydrogen-bond acceptors (Lipinski definition) is 2. The zero-order chi connectivity index (χ0) is 10.1. The van der Waals surface area contributed by atoms with Gasteiger partial charge in [-0.2, -0.15) is 0 Å². The molecular formula is C12H18N2. The Hall–Kier alpha value is -1.02. The molecule has 2 heteroatoms. The van der Waals surface area contributed by atoms with Gasteiger partial charge in [0.2, 0.25) is 0 Å². The summed E-state index contributed by atoms with van der Waals surface area (Å²) < 4.78 is 0. The van der Waals surface area contributed by atoms with E-state index in [0.717, 1.165) is 18.8 Å². The first-order valence-corrected chi connectivity index (χ1v) is 5.27. The van der Waals surface area contributed by atoms with Crippen LogP contribution >= 0.6 is 0 Å². The van der Waals surface area contributed by atoms with Gasteiger partial charge >= 0.3 is 0 Å². The van der Waals surface area contributed by atoms with Gasteiger partial charge in [-0.3, -0.25) is 4.90 Å². The maximum atomic E-state index is 5.93. The van der Waals surface area contributed by atoms with Gasteiger partial charge < -0.3 is 5.73 Å². The summed E-state index contributed by atoms with van der Waals surface area (Å²) in [5, 5.41) is 0. The zero-order valence-electron chi connectivity index (χ0n) is 8.90.